The van der Waals surface area contributed by atoms with Gasteiger partial charge < -0.3 is 10.2 Å². The lowest BCUT2D eigenvalue weighted by atomic mass is 10.1. The number of nitrogens with zero attached hydrogens (tertiary/aromatic N) is 5. The van der Waals surface area contributed by atoms with E-state index in [1.165, 1.54) is 18.3 Å². The van der Waals surface area contributed by atoms with Crippen LogP contribution in [0.4, 0.5) is 22.2 Å². The van der Waals surface area contributed by atoms with E-state index in [4.69, 9.17) is 0 Å². The number of amides is 1. The first kappa shape index (κ1) is 23.0. The van der Waals surface area contributed by atoms with Crippen molar-refractivity contribution in [1.82, 2.24) is 10.2 Å². The number of aromatic nitrogens is 2. The lowest BCUT2D eigenvalue weighted by molar-refractivity contribution is -0.117. The van der Waals surface area contributed by atoms with Crippen LogP contribution in [0.3, 0.4) is 0 Å². The number of nitrogens with one attached hydrogen (secondary N) is 1. The molecule has 0 saturated carbocycles. The SMILES string of the molecule is CCSc1nnc(N=Nc2ccc(N(CC)C(C)CC(C)=O)cc2NC(C)=O)s1. The van der Waals surface area contributed by atoms with Gasteiger partial charge in [-0.25, -0.2) is 0 Å². The lowest BCUT2D eigenvalue weighted by Gasteiger charge is -2.30. The van der Waals surface area contributed by atoms with Gasteiger partial charge in [0.1, 0.15) is 11.5 Å². The zero-order chi connectivity index (χ0) is 21.4. The average Bonchev–Trinajstić information content (AvgIpc) is 3.08. The molecule has 10 heteroatoms. The molecule has 0 aliphatic heterocycles. The van der Waals surface area contributed by atoms with Crippen LogP contribution in [0.1, 0.15) is 41.0 Å². The Hall–Kier alpha value is -2.33. The molecule has 1 aromatic carbocycles. The molecule has 0 bridgehead atoms. The molecule has 8 nitrogen and oxygen atoms in total. The number of anilines is 2. The van der Waals surface area contributed by atoms with Crippen molar-refractivity contribution in [2.75, 3.05) is 22.5 Å². The summed E-state index contributed by atoms with van der Waals surface area (Å²) < 4.78 is 0.844. The van der Waals surface area contributed by atoms with Crippen molar-refractivity contribution in [1.29, 1.82) is 0 Å². The normalized spacial score (nSPS) is 12.2. The average molecular weight is 435 g/mol. The molecule has 1 aromatic heterocycles. The highest BCUT2D eigenvalue weighted by Crippen LogP contribution is 2.34. The van der Waals surface area contributed by atoms with Crippen molar-refractivity contribution in [2.45, 2.75) is 51.4 Å². The molecule has 0 aliphatic rings. The van der Waals surface area contributed by atoms with Crippen LogP contribution < -0.4 is 10.2 Å². The summed E-state index contributed by atoms with van der Waals surface area (Å²) in [6.07, 6.45) is 0.458. The zero-order valence-electron chi connectivity index (χ0n) is 17.3. The molecule has 1 heterocycles. The van der Waals surface area contributed by atoms with E-state index in [2.05, 4.69) is 30.6 Å². The first-order valence-electron chi connectivity index (χ1n) is 9.39. The fourth-order valence-corrected chi connectivity index (χ4v) is 4.44. The fourth-order valence-electron chi connectivity index (χ4n) is 2.88. The number of azo groups is 1. The van der Waals surface area contributed by atoms with Crippen LogP contribution >= 0.6 is 23.1 Å². The van der Waals surface area contributed by atoms with E-state index in [-0.39, 0.29) is 17.7 Å². The predicted molar refractivity (Wildman–Crippen MR) is 119 cm³/mol. The van der Waals surface area contributed by atoms with Crippen LogP contribution in [0.15, 0.2) is 32.8 Å². The monoisotopic (exact) mass is 434 g/mol. The summed E-state index contributed by atoms with van der Waals surface area (Å²) >= 11 is 2.97. The molecule has 1 unspecified atom stereocenters. The minimum Gasteiger partial charge on any atom is -0.369 e. The molecule has 0 fully saturated rings. The minimum absolute atomic E-state index is 0.0473. The number of Topliss-reactive ketones (excluding diaryl/α,β-unsaturated/α-hetero) is 1. The topological polar surface area (TPSA) is 99.9 Å². The molecular formula is C19H26N6O2S2. The number of benzene rings is 1. The van der Waals surface area contributed by atoms with Gasteiger partial charge in [0, 0.05) is 31.6 Å². The molecular weight excluding hydrogens is 408 g/mol. The molecule has 2 aromatic rings. The van der Waals surface area contributed by atoms with Gasteiger partial charge in [0.25, 0.3) is 5.13 Å². The summed E-state index contributed by atoms with van der Waals surface area (Å²) in [6, 6.07) is 5.62. The molecule has 1 amide bonds. The van der Waals surface area contributed by atoms with Crippen LogP contribution in [-0.4, -0.2) is 40.2 Å². The molecule has 29 heavy (non-hydrogen) atoms. The molecule has 0 radical (unpaired) electrons. The first-order chi connectivity index (χ1) is 13.8. The zero-order valence-corrected chi connectivity index (χ0v) is 18.9. The highest BCUT2D eigenvalue weighted by Gasteiger charge is 2.16. The summed E-state index contributed by atoms with van der Waals surface area (Å²) in [5.74, 6) is 0.854. The second-order valence-electron chi connectivity index (χ2n) is 6.41. The van der Waals surface area contributed by atoms with Gasteiger partial charge in [-0.1, -0.05) is 30.0 Å². The maximum atomic E-state index is 11.7. The quantitative estimate of drug-likeness (QED) is 0.406. The number of carbonyl (C=O) groups excluding carboxylic acids is 2. The van der Waals surface area contributed by atoms with Crippen molar-refractivity contribution in [3.05, 3.63) is 18.2 Å². The van der Waals surface area contributed by atoms with Crippen molar-refractivity contribution in [3.63, 3.8) is 0 Å². The fraction of sp³-hybridized carbons (Fsp3) is 0.474. The molecule has 0 aliphatic carbocycles. The van der Waals surface area contributed by atoms with E-state index < -0.39 is 0 Å². The van der Waals surface area contributed by atoms with E-state index in [9.17, 15) is 9.59 Å². The third-order valence-corrected chi connectivity index (χ3v) is 5.81. The number of hydrogen-bond donors (Lipinski definition) is 1. The number of carbonyl (C=O) groups is 2. The van der Waals surface area contributed by atoms with E-state index in [1.54, 1.807) is 24.8 Å². The highest BCUT2D eigenvalue weighted by atomic mass is 32.2. The Morgan fingerprint density at radius 2 is 2.00 bits per heavy atom. The smallest absolute Gasteiger partial charge is 0.252 e. The van der Waals surface area contributed by atoms with E-state index in [0.29, 0.717) is 22.9 Å². The molecule has 0 spiro atoms. The Bertz CT molecular complexity index is 883. The molecule has 156 valence electrons. The summed E-state index contributed by atoms with van der Waals surface area (Å²) in [5, 5.41) is 19.8. The lowest BCUT2D eigenvalue weighted by Crippen LogP contribution is -2.34. The van der Waals surface area contributed by atoms with Gasteiger partial charge in [-0.15, -0.1) is 20.4 Å². The summed E-state index contributed by atoms with van der Waals surface area (Å²) in [7, 11) is 0. The first-order valence-corrected chi connectivity index (χ1v) is 11.2. The Balaban J connectivity index is 2.31. The largest absolute Gasteiger partial charge is 0.369 e. The standard InChI is InChI=1S/C19H26N6O2S2/c1-6-25(12(3)10-13(4)26)15-8-9-16(17(11-15)20-14(5)27)21-22-18-23-24-19(29-18)28-7-2/h8-9,11-12H,6-7,10H2,1-5H3,(H,20,27). The molecule has 1 N–H and O–H groups in total. The van der Waals surface area contributed by atoms with Gasteiger partial charge in [0.2, 0.25) is 5.91 Å². The third-order valence-electron chi connectivity index (χ3n) is 3.98. The number of ketones is 1. The molecule has 0 saturated heterocycles. The van der Waals surface area contributed by atoms with E-state index in [1.807, 2.05) is 32.9 Å². The van der Waals surface area contributed by atoms with Crippen molar-refractivity contribution in [3.8, 4) is 0 Å². The van der Waals surface area contributed by atoms with Crippen molar-refractivity contribution >= 4 is 57.0 Å². The van der Waals surface area contributed by atoms with Crippen LogP contribution in [0, 0.1) is 0 Å². The summed E-state index contributed by atoms with van der Waals surface area (Å²) in [4.78, 5) is 25.3. The summed E-state index contributed by atoms with van der Waals surface area (Å²) in [6.45, 7) is 9.86. The maximum absolute atomic E-state index is 11.7. The van der Waals surface area contributed by atoms with Gasteiger partial charge in [-0.05, 0) is 44.7 Å². The van der Waals surface area contributed by atoms with Crippen LogP contribution in [0.2, 0.25) is 0 Å². The maximum Gasteiger partial charge on any atom is 0.252 e. The van der Waals surface area contributed by atoms with Crippen LogP contribution in [0.5, 0.6) is 0 Å². The van der Waals surface area contributed by atoms with Gasteiger partial charge in [-0.2, -0.15) is 0 Å². The van der Waals surface area contributed by atoms with Gasteiger partial charge in [0.05, 0.1) is 5.69 Å². The Morgan fingerprint density at radius 3 is 2.62 bits per heavy atom. The van der Waals surface area contributed by atoms with Crippen LogP contribution in [-0.2, 0) is 9.59 Å². The number of hydrogen-bond acceptors (Lipinski definition) is 9. The second kappa shape index (κ2) is 11.0. The summed E-state index contributed by atoms with van der Waals surface area (Å²) in [5.41, 5.74) is 1.99. The van der Waals surface area contributed by atoms with Gasteiger partial charge in [-0.3, -0.25) is 9.59 Å². The Labute approximate surface area is 179 Å². The van der Waals surface area contributed by atoms with Crippen LogP contribution in [0.25, 0.3) is 0 Å². The van der Waals surface area contributed by atoms with E-state index in [0.717, 1.165) is 22.3 Å². The number of rotatable bonds is 10. The van der Waals surface area contributed by atoms with Gasteiger partial charge in [0.15, 0.2) is 4.34 Å². The minimum atomic E-state index is -0.198. The Morgan fingerprint density at radius 1 is 1.24 bits per heavy atom. The Kier molecular flexibility index (Phi) is 8.71. The second-order valence-corrected chi connectivity index (χ2v) is 8.87. The third kappa shape index (κ3) is 6.90. The predicted octanol–water partition coefficient (Wildman–Crippen LogP) is 5.22. The highest BCUT2D eigenvalue weighted by molar-refractivity contribution is 8.01. The molecule has 2 rings (SSSR count). The molecule has 1 atom stereocenters. The van der Waals surface area contributed by atoms with Crippen molar-refractivity contribution < 1.29 is 9.59 Å². The van der Waals surface area contributed by atoms with Gasteiger partial charge >= 0.3 is 0 Å². The number of thioether (sulfide) groups is 1. The van der Waals surface area contributed by atoms with E-state index >= 15 is 0 Å². The van der Waals surface area contributed by atoms with Crippen molar-refractivity contribution in [2.24, 2.45) is 10.2 Å².